The fraction of sp³-hybridized carbons (Fsp3) is 0.545. The average Bonchev–Trinajstić information content (AvgIpc) is 3.08. The molecule has 170 valence electrons. The largest absolute Gasteiger partial charge is 0.354 e. The van der Waals surface area contributed by atoms with Gasteiger partial charge < -0.3 is 14.8 Å². The minimum absolute atomic E-state index is 0.00955. The van der Waals surface area contributed by atoms with Gasteiger partial charge in [-0.15, -0.1) is 0 Å². The molecule has 1 aliphatic rings. The van der Waals surface area contributed by atoms with E-state index in [1.54, 1.807) is 18.5 Å². The van der Waals surface area contributed by atoms with Gasteiger partial charge in [-0.1, -0.05) is 29.8 Å². The molecule has 0 saturated carbocycles. The molecular formula is C22H33N5O3S. The molecule has 1 aliphatic heterocycles. The Hall–Kier alpha value is -2.23. The number of sulfonamides is 1. The Morgan fingerprint density at radius 1 is 1.19 bits per heavy atom. The van der Waals surface area contributed by atoms with Crippen LogP contribution in [-0.2, 0) is 21.9 Å². The summed E-state index contributed by atoms with van der Waals surface area (Å²) in [4.78, 5) is 19.0. The van der Waals surface area contributed by atoms with Crippen LogP contribution in [0, 0.1) is 19.8 Å². The van der Waals surface area contributed by atoms with Crippen LogP contribution >= 0.6 is 0 Å². The molecule has 1 fully saturated rings. The summed E-state index contributed by atoms with van der Waals surface area (Å²) in [6, 6.07) is 8.42. The standard InChI is InChI=1S/C22H33N5O3S/c1-16-6-8-18(9-7-16)20(25(3)4)14-23-22(28)19-10-12-27(13-11-19)31(29,30)21-15-26(5)17(2)24-21/h6-9,15,19-20H,10-14H2,1-5H3,(H,23,28). The van der Waals surface area contributed by atoms with Crippen LogP contribution in [-0.4, -0.2) is 66.8 Å². The first-order valence-electron chi connectivity index (χ1n) is 10.6. The van der Waals surface area contributed by atoms with Crippen molar-refractivity contribution in [1.82, 2.24) is 24.1 Å². The monoisotopic (exact) mass is 447 g/mol. The van der Waals surface area contributed by atoms with Gasteiger partial charge in [0, 0.05) is 38.8 Å². The van der Waals surface area contributed by atoms with E-state index >= 15 is 0 Å². The fourth-order valence-corrected chi connectivity index (χ4v) is 5.36. The van der Waals surface area contributed by atoms with Crippen LogP contribution in [0.3, 0.4) is 0 Å². The van der Waals surface area contributed by atoms with Crippen molar-refractivity contribution in [2.24, 2.45) is 13.0 Å². The zero-order valence-electron chi connectivity index (χ0n) is 19.0. The Balaban J connectivity index is 1.56. The molecule has 1 unspecified atom stereocenters. The van der Waals surface area contributed by atoms with Crippen molar-refractivity contribution in [1.29, 1.82) is 0 Å². The molecular weight excluding hydrogens is 414 g/mol. The molecule has 1 amide bonds. The lowest BCUT2D eigenvalue weighted by Crippen LogP contribution is -2.44. The van der Waals surface area contributed by atoms with Gasteiger partial charge >= 0.3 is 0 Å². The quantitative estimate of drug-likeness (QED) is 0.700. The molecule has 1 atom stereocenters. The second-order valence-corrected chi connectivity index (χ2v) is 10.4. The molecule has 31 heavy (non-hydrogen) atoms. The van der Waals surface area contributed by atoms with E-state index < -0.39 is 10.0 Å². The summed E-state index contributed by atoms with van der Waals surface area (Å²) >= 11 is 0. The number of carbonyl (C=O) groups is 1. The van der Waals surface area contributed by atoms with Crippen LogP contribution in [0.4, 0.5) is 0 Å². The van der Waals surface area contributed by atoms with Crippen molar-refractivity contribution in [3.05, 3.63) is 47.4 Å². The predicted octanol–water partition coefficient (Wildman–Crippen LogP) is 1.86. The molecule has 0 aliphatic carbocycles. The predicted molar refractivity (Wildman–Crippen MR) is 120 cm³/mol. The van der Waals surface area contributed by atoms with E-state index in [1.165, 1.54) is 16.1 Å². The van der Waals surface area contributed by atoms with Crippen molar-refractivity contribution in [2.45, 2.75) is 37.8 Å². The van der Waals surface area contributed by atoms with E-state index in [0.717, 1.165) is 5.56 Å². The lowest BCUT2D eigenvalue weighted by Gasteiger charge is -2.31. The molecule has 1 aromatic heterocycles. The Kier molecular flexibility index (Phi) is 7.18. The lowest BCUT2D eigenvalue weighted by atomic mass is 9.97. The number of amides is 1. The van der Waals surface area contributed by atoms with Gasteiger partial charge in [0.1, 0.15) is 5.82 Å². The van der Waals surface area contributed by atoms with Crippen molar-refractivity contribution in [3.63, 3.8) is 0 Å². The van der Waals surface area contributed by atoms with Crippen molar-refractivity contribution in [2.75, 3.05) is 33.7 Å². The highest BCUT2D eigenvalue weighted by Crippen LogP contribution is 2.24. The number of aryl methyl sites for hydroxylation is 3. The molecule has 8 nitrogen and oxygen atoms in total. The second kappa shape index (κ2) is 9.50. The Morgan fingerprint density at radius 3 is 2.32 bits per heavy atom. The Labute approximate surface area is 185 Å². The number of benzene rings is 1. The zero-order chi connectivity index (χ0) is 22.8. The zero-order valence-corrected chi connectivity index (χ0v) is 19.8. The minimum Gasteiger partial charge on any atom is -0.354 e. The number of aromatic nitrogens is 2. The van der Waals surface area contributed by atoms with Crippen LogP contribution in [0.1, 0.15) is 35.8 Å². The van der Waals surface area contributed by atoms with Crippen molar-refractivity contribution >= 4 is 15.9 Å². The first-order valence-corrected chi connectivity index (χ1v) is 12.0. The molecule has 3 rings (SSSR count). The topological polar surface area (TPSA) is 87.5 Å². The van der Waals surface area contributed by atoms with Crippen LogP contribution in [0.15, 0.2) is 35.5 Å². The minimum atomic E-state index is -3.63. The van der Waals surface area contributed by atoms with Gasteiger partial charge in [0.15, 0.2) is 5.03 Å². The fourth-order valence-electron chi connectivity index (χ4n) is 3.87. The maximum Gasteiger partial charge on any atom is 0.262 e. The number of nitrogens with zero attached hydrogens (tertiary/aromatic N) is 4. The number of nitrogens with one attached hydrogen (secondary N) is 1. The van der Waals surface area contributed by atoms with E-state index in [0.29, 0.717) is 38.3 Å². The van der Waals surface area contributed by atoms with Crippen molar-refractivity contribution in [3.8, 4) is 0 Å². The molecule has 0 spiro atoms. The molecule has 2 heterocycles. The first-order chi connectivity index (χ1) is 14.6. The summed E-state index contributed by atoms with van der Waals surface area (Å²) in [5, 5.41) is 3.15. The summed E-state index contributed by atoms with van der Waals surface area (Å²) in [5.74, 6) is 0.458. The third-order valence-corrected chi connectivity index (χ3v) is 7.84. The SMILES string of the molecule is Cc1ccc(C(CNC(=O)C2CCN(S(=O)(=O)c3cn(C)c(C)n3)CC2)N(C)C)cc1. The molecule has 0 bridgehead atoms. The summed E-state index contributed by atoms with van der Waals surface area (Å²) in [6.07, 6.45) is 2.55. The van der Waals surface area contributed by atoms with Gasteiger partial charge in [0.25, 0.3) is 10.0 Å². The number of carbonyl (C=O) groups excluding carboxylic acids is 1. The third-order valence-electron chi connectivity index (χ3n) is 6.07. The summed E-state index contributed by atoms with van der Waals surface area (Å²) in [6.45, 7) is 4.99. The number of hydrogen-bond acceptors (Lipinski definition) is 5. The van der Waals surface area contributed by atoms with E-state index in [1.807, 2.05) is 14.1 Å². The van der Waals surface area contributed by atoms with E-state index in [9.17, 15) is 13.2 Å². The summed E-state index contributed by atoms with van der Waals surface area (Å²) in [7, 11) is 2.15. The summed E-state index contributed by atoms with van der Waals surface area (Å²) in [5.41, 5.74) is 2.36. The van der Waals surface area contributed by atoms with E-state index in [4.69, 9.17) is 0 Å². The Bertz CT molecular complexity index is 987. The molecule has 9 heteroatoms. The van der Waals surface area contributed by atoms with Crippen LogP contribution in [0.5, 0.6) is 0 Å². The first kappa shape index (κ1) is 23.4. The van der Waals surface area contributed by atoms with Crippen molar-refractivity contribution < 1.29 is 13.2 Å². The third kappa shape index (κ3) is 5.34. The van der Waals surface area contributed by atoms with Gasteiger partial charge in [0.05, 0.1) is 6.04 Å². The van der Waals surface area contributed by atoms with Gasteiger partial charge in [-0.2, -0.15) is 4.31 Å². The normalized spacial score (nSPS) is 17.1. The van der Waals surface area contributed by atoms with Gasteiger partial charge in [0.2, 0.25) is 5.91 Å². The molecule has 1 aromatic carbocycles. The van der Waals surface area contributed by atoms with Gasteiger partial charge in [-0.3, -0.25) is 4.79 Å². The maximum atomic E-state index is 12.8. The highest BCUT2D eigenvalue weighted by atomic mass is 32.2. The highest BCUT2D eigenvalue weighted by Gasteiger charge is 2.33. The number of imidazole rings is 1. The molecule has 0 radical (unpaired) electrons. The number of likely N-dealkylation sites (N-methyl/N-ethyl adjacent to an activating group) is 1. The average molecular weight is 448 g/mol. The number of rotatable bonds is 7. The molecule has 2 aromatic rings. The maximum absolute atomic E-state index is 12.8. The second-order valence-electron chi connectivity index (χ2n) is 8.55. The molecule has 1 saturated heterocycles. The van der Waals surface area contributed by atoms with Crippen LogP contribution in [0.25, 0.3) is 0 Å². The Morgan fingerprint density at radius 2 is 1.81 bits per heavy atom. The van der Waals surface area contributed by atoms with Crippen LogP contribution in [0.2, 0.25) is 0 Å². The van der Waals surface area contributed by atoms with Crippen LogP contribution < -0.4 is 5.32 Å². The highest BCUT2D eigenvalue weighted by molar-refractivity contribution is 7.89. The summed E-state index contributed by atoms with van der Waals surface area (Å²) < 4.78 is 28.8. The number of hydrogen-bond donors (Lipinski definition) is 1. The number of piperidine rings is 1. The van der Waals surface area contributed by atoms with Gasteiger partial charge in [-0.05, 0) is 46.3 Å². The smallest absolute Gasteiger partial charge is 0.262 e. The molecule has 1 N–H and O–H groups in total. The van der Waals surface area contributed by atoms with E-state index in [2.05, 4.69) is 46.4 Å². The lowest BCUT2D eigenvalue weighted by molar-refractivity contribution is -0.126. The van der Waals surface area contributed by atoms with E-state index in [-0.39, 0.29) is 22.9 Å². The van der Waals surface area contributed by atoms with Gasteiger partial charge in [-0.25, -0.2) is 13.4 Å².